The molecule has 0 aliphatic heterocycles. The van der Waals surface area contributed by atoms with Crippen LogP contribution in [-0.2, 0) is 14.3 Å². The molecule has 0 spiro atoms. The fourth-order valence-electron chi connectivity index (χ4n) is 2.39. The number of benzene rings is 1. The monoisotopic (exact) mass is 335 g/mol. The number of carbonyl (C=O) groups is 2. The van der Waals surface area contributed by atoms with Crippen LogP contribution in [0.25, 0.3) is 0 Å². The second-order valence-electron chi connectivity index (χ2n) is 6.69. The summed E-state index contributed by atoms with van der Waals surface area (Å²) in [4.78, 5) is 23.4. The van der Waals surface area contributed by atoms with Gasteiger partial charge in [-0.05, 0) is 52.0 Å². The SMILES string of the molecule is CCOC(=O)CC(CCCNC(=O)OC(C)(C)C)c1ccccc1. The van der Waals surface area contributed by atoms with E-state index in [0.29, 0.717) is 19.6 Å². The maximum Gasteiger partial charge on any atom is 0.407 e. The van der Waals surface area contributed by atoms with Crippen molar-refractivity contribution in [1.82, 2.24) is 5.32 Å². The number of nitrogens with one attached hydrogen (secondary N) is 1. The molecule has 1 aromatic rings. The standard InChI is InChI=1S/C19H29NO4/c1-5-23-17(21)14-16(15-10-7-6-8-11-15)12-9-13-20-18(22)24-19(2,3)4/h6-8,10-11,16H,5,9,12-14H2,1-4H3,(H,20,22). The van der Waals surface area contributed by atoms with Crippen molar-refractivity contribution < 1.29 is 19.1 Å². The Hall–Kier alpha value is -2.04. The first-order chi connectivity index (χ1) is 11.3. The molecule has 1 unspecified atom stereocenters. The maximum absolute atomic E-state index is 11.8. The molecule has 1 N–H and O–H groups in total. The summed E-state index contributed by atoms with van der Waals surface area (Å²) >= 11 is 0. The van der Waals surface area contributed by atoms with Gasteiger partial charge >= 0.3 is 12.1 Å². The van der Waals surface area contributed by atoms with Gasteiger partial charge in [0, 0.05) is 6.54 Å². The highest BCUT2D eigenvalue weighted by Crippen LogP contribution is 2.25. The zero-order chi connectivity index (χ0) is 18.0. The zero-order valence-corrected chi connectivity index (χ0v) is 15.1. The molecule has 1 aromatic carbocycles. The summed E-state index contributed by atoms with van der Waals surface area (Å²) in [5, 5.41) is 2.75. The Morgan fingerprint density at radius 3 is 2.42 bits per heavy atom. The highest BCUT2D eigenvalue weighted by atomic mass is 16.6. The summed E-state index contributed by atoms with van der Waals surface area (Å²) in [5.74, 6) is -0.0999. The number of hydrogen-bond acceptors (Lipinski definition) is 4. The predicted octanol–water partition coefficient (Wildman–Crippen LogP) is 4.03. The van der Waals surface area contributed by atoms with Crippen LogP contribution < -0.4 is 5.32 Å². The number of hydrogen-bond donors (Lipinski definition) is 1. The van der Waals surface area contributed by atoms with E-state index < -0.39 is 11.7 Å². The minimum Gasteiger partial charge on any atom is -0.466 e. The van der Waals surface area contributed by atoms with Gasteiger partial charge in [-0.2, -0.15) is 0 Å². The van der Waals surface area contributed by atoms with Crippen molar-refractivity contribution in [2.75, 3.05) is 13.2 Å². The molecule has 0 bridgehead atoms. The average Bonchev–Trinajstić information content (AvgIpc) is 2.49. The smallest absolute Gasteiger partial charge is 0.407 e. The van der Waals surface area contributed by atoms with Crippen LogP contribution in [0.15, 0.2) is 30.3 Å². The quantitative estimate of drug-likeness (QED) is 0.575. The van der Waals surface area contributed by atoms with Crippen LogP contribution in [0.2, 0.25) is 0 Å². The van der Waals surface area contributed by atoms with Gasteiger partial charge in [0.25, 0.3) is 0 Å². The minimum atomic E-state index is -0.499. The van der Waals surface area contributed by atoms with Crippen molar-refractivity contribution in [2.24, 2.45) is 0 Å². The molecule has 0 fully saturated rings. The number of carbonyl (C=O) groups excluding carboxylic acids is 2. The van der Waals surface area contributed by atoms with Gasteiger partial charge in [0.05, 0.1) is 13.0 Å². The molecule has 0 heterocycles. The van der Waals surface area contributed by atoms with Gasteiger partial charge < -0.3 is 14.8 Å². The molecule has 5 nitrogen and oxygen atoms in total. The zero-order valence-electron chi connectivity index (χ0n) is 15.1. The number of ether oxygens (including phenoxy) is 2. The molecule has 24 heavy (non-hydrogen) atoms. The Kier molecular flexibility index (Phi) is 8.30. The van der Waals surface area contributed by atoms with E-state index in [9.17, 15) is 9.59 Å². The van der Waals surface area contributed by atoms with E-state index in [2.05, 4.69) is 5.32 Å². The molecule has 0 saturated heterocycles. The lowest BCUT2D eigenvalue weighted by atomic mass is 9.91. The van der Waals surface area contributed by atoms with Gasteiger partial charge in [0.2, 0.25) is 0 Å². The van der Waals surface area contributed by atoms with Crippen LogP contribution >= 0.6 is 0 Å². The third kappa shape index (κ3) is 8.56. The van der Waals surface area contributed by atoms with E-state index in [1.807, 2.05) is 51.1 Å². The third-order valence-corrected chi connectivity index (χ3v) is 3.39. The predicted molar refractivity (Wildman–Crippen MR) is 93.9 cm³/mol. The fraction of sp³-hybridized carbons (Fsp3) is 0.579. The van der Waals surface area contributed by atoms with E-state index in [1.165, 1.54) is 0 Å². The lowest BCUT2D eigenvalue weighted by Crippen LogP contribution is -2.33. The molecule has 1 atom stereocenters. The minimum absolute atomic E-state index is 0.0886. The highest BCUT2D eigenvalue weighted by Gasteiger charge is 2.18. The first kappa shape index (κ1) is 20.0. The maximum atomic E-state index is 11.8. The van der Waals surface area contributed by atoms with Crippen molar-refractivity contribution in [1.29, 1.82) is 0 Å². The van der Waals surface area contributed by atoms with Crippen molar-refractivity contribution in [3.63, 3.8) is 0 Å². The lowest BCUT2D eigenvalue weighted by Gasteiger charge is -2.20. The Labute approximate surface area is 144 Å². The molecule has 0 radical (unpaired) electrons. The van der Waals surface area contributed by atoms with Crippen LogP contribution in [0, 0.1) is 0 Å². The largest absolute Gasteiger partial charge is 0.466 e. The summed E-state index contributed by atoms with van der Waals surface area (Å²) in [6, 6.07) is 9.92. The van der Waals surface area contributed by atoms with Gasteiger partial charge in [0.1, 0.15) is 5.60 Å². The van der Waals surface area contributed by atoms with E-state index in [4.69, 9.17) is 9.47 Å². The van der Waals surface area contributed by atoms with Crippen LogP contribution in [-0.4, -0.2) is 30.8 Å². The van der Waals surface area contributed by atoms with Crippen molar-refractivity contribution in [2.45, 2.75) is 58.5 Å². The van der Waals surface area contributed by atoms with E-state index in [0.717, 1.165) is 18.4 Å². The molecule has 134 valence electrons. The van der Waals surface area contributed by atoms with Crippen molar-refractivity contribution >= 4 is 12.1 Å². The molecule has 0 aliphatic carbocycles. The summed E-state index contributed by atoms with van der Waals surface area (Å²) in [6.07, 6.45) is 1.49. The van der Waals surface area contributed by atoms with Crippen LogP contribution in [0.3, 0.4) is 0 Å². The number of alkyl carbamates (subject to hydrolysis) is 1. The first-order valence-electron chi connectivity index (χ1n) is 8.49. The molecule has 1 amide bonds. The van der Waals surface area contributed by atoms with Crippen LogP contribution in [0.4, 0.5) is 4.79 Å². The summed E-state index contributed by atoms with van der Waals surface area (Å²) < 4.78 is 10.3. The molecule has 5 heteroatoms. The number of amides is 1. The second-order valence-corrected chi connectivity index (χ2v) is 6.69. The van der Waals surface area contributed by atoms with Gasteiger partial charge in [-0.25, -0.2) is 4.79 Å². The Bertz CT molecular complexity index is 508. The van der Waals surface area contributed by atoms with E-state index >= 15 is 0 Å². The molecular formula is C19H29NO4. The summed E-state index contributed by atoms with van der Waals surface area (Å²) in [7, 11) is 0. The van der Waals surface area contributed by atoms with E-state index in [1.54, 1.807) is 6.92 Å². The van der Waals surface area contributed by atoms with Crippen LogP contribution in [0.1, 0.15) is 58.4 Å². The Morgan fingerprint density at radius 2 is 1.83 bits per heavy atom. The van der Waals surface area contributed by atoms with Crippen LogP contribution in [0.5, 0.6) is 0 Å². The lowest BCUT2D eigenvalue weighted by molar-refractivity contribution is -0.143. The Morgan fingerprint density at radius 1 is 1.17 bits per heavy atom. The topological polar surface area (TPSA) is 64.6 Å². The molecule has 0 aliphatic rings. The second kappa shape index (κ2) is 9.96. The molecule has 1 rings (SSSR count). The fourth-order valence-corrected chi connectivity index (χ4v) is 2.39. The summed E-state index contributed by atoms with van der Waals surface area (Å²) in [5.41, 5.74) is 0.614. The van der Waals surface area contributed by atoms with Crippen molar-refractivity contribution in [3.05, 3.63) is 35.9 Å². The van der Waals surface area contributed by atoms with Gasteiger partial charge in [-0.1, -0.05) is 30.3 Å². The highest BCUT2D eigenvalue weighted by molar-refractivity contribution is 5.70. The molecular weight excluding hydrogens is 306 g/mol. The molecule has 0 aromatic heterocycles. The number of esters is 1. The van der Waals surface area contributed by atoms with Gasteiger partial charge in [-0.3, -0.25) is 4.79 Å². The van der Waals surface area contributed by atoms with Gasteiger partial charge in [0.15, 0.2) is 0 Å². The van der Waals surface area contributed by atoms with Gasteiger partial charge in [-0.15, -0.1) is 0 Å². The third-order valence-electron chi connectivity index (χ3n) is 3.39. The average molecular weight is 335 g/mol. The normalized spacial score (nSPS) is 12.3. The summed E-state index contributed by atoms with van der Waals surface area (Å²) in [6.45, 7) is 8.20. The number of rotatable bonds is 8. The molecule has 0 saturated carbocycles. The first-order valence-corrected chi connectivity index (χ1v) is 8.49. The Balaban J connectivity index is 2.48. The van der Waals surface area contributed by atoms with E-state index in [-0.39, 0.29) is 11.9 Å². The van der Waals surface area contributed by atoms with Crippen molar-refractivity contribution in [3.8, 4) is 0 Å².